The van der Waals surface area contributed by atoms with Gasteiger partial charge in [-0.2, -0.15) is 5.26 Å². The smallest absolute Gasteiger partial charge is 0.221 e. The molecule has 0 aliphatic rings. The molecule has 21 heavy (non-hydrogen) atoms. The first kappa shape index (κ1) is 17.9. The molecular weight excluding hydrogens is 282 g/mol. The fourth-order valence-corrected chi connectivity index (χ4v) is 3.36. The topological polar surface area (TPSA) is 51.5 Å². The largest absolute Gasteiger partial charge is 0.393 e. The minimum atomic E-state index is -2.00. The average Bonchev–Trinajstić information content (AvgIpc) is 2.44. The van der Waals surface area contributed by atoms with Crippen molar-refractivity contribution in [2.75, 3.05) is 13.2 Å². The Hall–Kier alpha value is -1.19. The van der Waals surface area contributed by atoms with E-state index < -0.39 is 20.2 Å². The lowest BCUT2D eigenvalue weighted by Gasteiger charge is -2.39. The molecule has 0 fully saturated rings. The molecule has 0 amide bonds. The molecule has 0 aliphatic heterocycles. The van der Waals surface area contributed by atoms with E-state index in [1.54, 1.807) is 0 Å². The Bertz CT molecular complexity index is 461. The summed E-state index contributed by atoms with van der Waals surface area (Å²) in [7, 11) is -2.00. The molecule has 1 aromatic carbocycles. The fraction of sp³-hybridized carbons (Fsp3) is 0.562. The maximum absolute atomic E-state index is 9.90. The summed E-state index contributed by atoms with van der Waals surface area (Å²) in [4.78, 5) is 0. The molecule has 116 valence electrons. The van der Waals surface area contributed by atoms with Crippen LogP contribution in [-0.2, 0) is 19.5 Å². The van der Waals surface area contributed by atoms with Crippen LogP contribution < -0.4 is 0 Å². The van der Waals surface area contributed by atoms with Crippen molar-refractivity contribution in [1.82, 2.24) is 0 Å². The second-order valence-electron chi connectivity index (χ2n) is 5.67. The van der Waals surface area contributed by atoms with Crippen LogP contribution in [0.2, 0.25) is 19.6 Å². The maximum atomic E-state index is 9.90. The van der Waals surface area contributed by atoms with E-state index in [1.807, 2.05) is 44.2 Å². The van der Waals surface area contributed by atoms with Gasteiger partial charge in [0.1, 0.15) is 6.07 Å². The summed E-state index contributed by atoms with van der Waals surface area (Å²) < 4.78 is 17.6. The Balaban J connectivity index is 3.34. The Kier molecular flexibility index (Phi) is 6.56. The SMILES string of the molecule is CCOC(OCC)C(C#N)(O[Si](C)(C)C)c1ccccc1. The molecule has 0 bridgehead atoms. The number of ether oxygens (including phenoxy) is 2. The number of nitriles is 1. The van der Waals surface area contributed by atoms with Gasteiger partial charge in [-0.05, 0) is 33.5 Å². The van der Waals surface area contributed by atoms with Crippen molar-refractivity contribution >= 4 is 8.32 Å². The maximum Gasteiger partial charge on any atom is 0.221 e. The Labute approximate surface area is 128 Å². The molecule has 0 radical (unpaired) electrons. The second-order valence-corrected chi connectivity index (χ2v) is 10.1. The molecule has 5 heteroatoms. The van der Waals surface area contributed by atoms with Crippen molar-refractivity contribution < 1.29 is 13.9 Å². The van der Waals surface area contributed by atoms with Crippen molar-refractivity contribution in [1.29, 1.82) is 5.26 Å². The van der Waals surface area contributed by atoms with Gasteiger partial charge in [-0.15, -0.1) is 0 Å². The van der Waals surface area contributed by atoms with Crippen LogP contribution in [0.25, 0.3) is 0 Å². The zero-order valence-corrected chi connectivity index (χ0v) is 14.6. The minimum Gasteiger partial charge on any atom is -0.393 e. The van der Waals surface area contributed by atoms with Gasteiger partial charge in [0.05, 0.1) is 0 Å². The van der Waals surface area contributed by atoms with E-state index in [2.05, 4.69) is 25.7 Å². The second kappa shape index (κ2) is 7.71. The van der Waals surface area contributed by atoms with E-state index in [4.69, 9.17) is 13.9 Å². The van der Waals surface area contributed by atoms with E-state index in [0.717, 1.165) is 5.56 Å². The van der Waals surface area contributed by atoms with Gasteiger partial charge in [0, 0.05) is 18.8 Å². The first-order chi connectivity index (χ1) is 9.89. The monoisotopic (exact) mass is 307 g/mol. The van der Waals surface area contributed by atoms with Crippen molar-refractivity contribution in [2.45, 2.75) is 45.4 Å². The fourth-order valence-electron chi connectivity index (χ4n) is 2.14. The highest BCUT2D eigenvalue weighted by atomic mass is 28.4. The van der Waals surface area contributed by atoms with Crippen LogP contribution in [0, 0.1) is 11.3 Å². The van der Waals surface area contributed by atoms with E-state index in [9.17, 15) is 5.26 Å². The summed E-state index contributed by atoms with van der Waals surface area (Å²) in [6, 6.07) is 11.8. The summed E-state index contributed by atoms with van der Waals surface area (Å²) in [5.41, 5.74) is -0.473. The number of rotatable bonds is 8. The van der Waals surface area contributed by atoms with Crippen LogP contribution in [0.15, 0.2) is 30.3 Å². The molecule has 0 heterocycles. The van der Waals surface area contributed by atoms with Crippen LogP contribution in [0.5, 0.6) is 0 Å². The first-order valence-corrected chi connectivity index (χ1v) is 10.7. The summed E-state index contributed by atoms with van der Waals surface area (Å²) in [6.07, 6.45) is -0.744. The van der Waals surface area contributed by atoms with Crippen molar-refractivity contribution in [3.8, 4) is 6.07 Å². The van der Waals surface area contributed by atoms with Crippen molar-refractivity contribution in [2.24, 2.45) is 0 Å². The molecule has 1 unspecified atom stereocenters. The van der Waals surface area contributed by atoms with E-state index >= 15 is 0 Å². The van der Waals surface area contributed by atoms with Gasteiger partial charge in [0.15, 0.2) is 8.32 Å². The number of nitrogens with zero attached hydrogens (tertiary/aromatic N) is 1. The predicted molar refractivity (Wildman–Crippen MR) is 85.2 cm³/mol. The lowest BCUT2D eigenvalue weighted by molar-refractivity contribution is -0.213. The van der Waals surface area contributed by atoms with Crippen LogP contribution >= 0.6 is 0 Å². The molecule has 0 N–H and O–H groups in total. The van der Waals surface area contributed by atoms with Crippen LogP contribution in [-0.4, -0.2) is 27.8 Å². The summed E-state index contributed by atoms with van der Waals surface area (Å²) in [5, 5.41) is 9.90. The quantitative estimate of drug-likeness (QED) is 0.543. The third kappa shape index (κ3) is 4.65. The molecule has 4 nitrogen and oxygen atoms in total. The molecule has 0 saturated heterocycles. The zero-order chi connectivity index (χ0) is 15.9. The van der Waals surface area contributed by atoms with Crippen LogP contribution in [0.4, 0.5) is 0 Å². The third-order valence-corrected chi connectivity index (χ3v) is 3.74. The zero-order valence-electron chi connectivity index (χ0n) is 13.6. The number of benzene rings is 1. The summed E-state index contributed by atoms with van der Waals surface area (Å²) >= 11 is 0. The lowest BCUT2D eigenvalue weighted by Crippen LogP contribution is -2.50. The standard InChI is InChI=1S/C16H25NO3Si/c1-6-18-15(19-7-2)16(13-17,20-21(3,4)5)14-11-9-8-10-12-14/h8-12,15H,6-7H2,1-5H3. The highest BCUT2D eigenvalue weighted by molar-refractivity contribution is 6.69. The molecule has 0 spiro atoms. The van der Waals surface area contributed by atoms with Gasteiger partial charge in [-0.25, -0.2) is 0 Å². The average molecular weight is 307 g/mol. The summed E-state index contributed by atoms with van der Waals surface area (Å²) in [5.74, 6) is 0. The van der Waals surface area contributed by atoms with E-state index in [0.29, 0.717) is 13.2 Å². The number of hydrogen-bond acceptors (Lipinski definition) is 4. The Morgan fingerprint density at radius 1 is 1.10 bits per heavy atom. The van der Waals surface area contributed by atoms with Crippen LogP contribution in [0.3, 0.4) is 0 Å². The molecule has 0 aromatic heterocycles. The van der Waals surface area contributed by atoms with E-state index in [-0.39, 0.29) is 0 Å². The van der Waals surface area contributed by atoms with Crippen molar-refractivity contribution in [3.05, 3.63) is 35.9 Å². The van der Waals surface area contributed by atoms with Crippen molar-refractivity contribution in [3.63, 3.8) is 0 Å². The predicted octanol–water partition coefficient (Wildman–Crippen LogP) is 3.66. The summed E-state index contributed by atoms with van der Waals surface area (Å²) in [6.45, 7) is 10.8. The van der Waals surface area contributed by atoms with Crippen LogP contribution in [0.1, 0.15) is 19.4 Å². The van der Waals surface area contributed by atoms with Gasteiger partial charge >= 0.3 is 0 Å². The highest BCUT2D eigenvalue weighted by Gasteiger charge is 2.47. The number of hydrogen-bond donors (Lipinski definition) is 0. The highest BCUT2D eigenvalue weighted by Crippen LogP contribution is 2.35. The van der Waals surface area contributed by atoms with Gasteiger partial charge < -0.3 is 13.9 Å². The third-order valence-electron chi connectivity index (χ3n) is 2.80. The molecule has 1 atom stereocenters. The normalized spacial score (nSPS) is 14.7. The van der Waals surface area contributed by atoms with Gasteiger partial charge in [0.25, 0.3) is 0 Å². The minimum absolute atomic E-state index is 0.454. The first-order valence-electron chi connectivity index (χ1n) is 7.29. The Morgan fingerprint density at radius 2 is 1.62 bits per heavy atom. The molecule has 1 aromatic rings. The molecule has 0 aliphatic carbocycles. The van der Waals surface area contributed by atoms with Gasteiger partial charge in [0.2, 0.25) is 11.9 Å². The Morgan fingerprint density at radius 3 is 2.00 bits per heavy atom. The van der Waals surface area contributed by atoms with E-state index in [1.165, 1.54) is 0 Å². The van der Waals surface area contributed by atoms with Gasteiger partial charge in [-0.3, -0.25) is 0 Å². The van der Waals surface area contributed by atoms with Gasteiger partial charge in [-0.1, -0.05) is 30.3 Å². The lowest BCUT2D eigenvalue weighted by atomic mass is 9.94. The molecule has 1 rings (SSSR count). The molecule has 0 saturated carbocycles. The molecular formula is C16H25NO3Si.